The average molecular weight is 265 g/mol. The fourth-order valence-corrected chi connectivity index (χ4v) is 2.72. The van der Waals surface area contributed by atoms with Crippen LogP contribution in [-0.4, -0.2) is 12.2 Å². The largest absolute Gasteiger partial charge is 0.370 e. The molecule has 0 spiro atoms. The Balaban J connectivity index is 1.77. The van der Waals surface area contributed by atoms with Crippen LogP contribution < -0.4 is 0 Å². The number of rotatable bonds is 13. The van der Waals surface area contributed by atoms with Crippen LogP contribution in [0.4, 0.5) is 0 Å². The highest BCUT2D eigenvalue weighted by molar-refractivity contribution is 4.84. The van der Waals surface area contributed by atoms with E-state index >= 15 is 0 Å². The molecule has 1 saturated heterocycles. The van der Waals surface area contributed by atoms with Crippen molar-refractivity contribution >= 4 is 0 Å². The Morgan fingerprint density at radius 3 is 1.89 bits per heavy atom. The van der Waals surface area contributed by atoms with Gasteiger partial charge in [0.05, 0.1) is 18.3 Å². The lowest BCUT2D eigenvalue weighted by atomic mass is 10.0. The first kappa shape index (κ1) is 16.5. The first-order valence-electron chi connectivity index (χ1n) is 8.41. The molecule has 2 nitrogen and oxygen atoms in total. The van der Waals surface area contributed by atoms with Crippen LogP contribution in [0.25, 0.3) is 0 Å². The van der Waals surface area contributed by atoms with E-state index in [1.54, 1.807) is 0 Å². The van der Waals surface area contributed by atoms with Crippen LogP contribution in [0, 0.1) is 11.3 Å². The zero-order valence-corrected chi connectivity index (χ0v) is 12.7. The SMILES string of the molecule is CCCCCCCC1OC1CCCCCCCC#N. The average Bonchev–Trinajstić information content (AvgIpc) is 3.16. The molecule has 1 fully saturated rings. The van der Waals surface area contributed by atoms with E-state index in [0.717, 1.165) is 12.8 Å². The Bertz CT molecular complexity index is 246. The third kappa shape index (κ3) is 9.05. The molecule has 0 N–H and O–H groups in total. The van der Waals surface area contributed by atoms with Gasteiger partial charge in [-0.15, -0.1) is 0 Å². The molecule has 2 atom stereocenters. The number of ether oxygens (including phenoxy) is 1. The Kier molecular flexibility index (Phi) is 9.81. The van der Waals surface area contributed by atoms with Crippen molar-refractivity contribution in [1.82, 2.24) is 0 Å². The van der Waals surface area contributed by atoms with Gasteiger partial charge >= 0.3 is 0 Å². The number of hydrogen-bond acceptors (Lipinski definition) is 2. The molecule has 0 aliphatic carbocycles. The standard InChI is InChI=1S/C17H31NO/c1-2-3-4-7-10-13-16-17(19-16)14-11-8-5-6-9-12-15-18/h16-17H,2-14H2,1H3. The molecule has 0 saturated carbocycles. The van der Waals surface area contributed by atoms with Crippen LogP contribution in [0.3, 0.4) is 0 Å². The van der Waals surface area contributed by atoms with Crippen molar-refractivity contribution in [3.63, 3.8) is 0 Å². The number of nitriles is 1. The Morgan fingerprint density at radius 1 is 0.789 bits per heavy atom. The zero-order chi connectivity index (χ0) is 13.8. The van der Waals surface area contributed by atoms with E-state index in [1.165, 1.54) is 70.6 Å². The molecule has 1 aliphatic heterocycles. The molecule has 1 rings (SSSR count). The first-order valence-corrected chi connectivity index (χ1v) is 8.41. The van der Waals surface area contributed by atoms with Crippen LogP contribution in [0.5, 0.6) is 0 Å². The van der Waals surface area contributed by atoms with Gasteiger partial charge in [-0.05, 0) is 19.3 Å². The minimum absolute atomic E-state index is 0.588. The summed E-state index contributed by atoms with van der Waals surface area (Å²) in [6, 6.07) is 2.20. The van der Waals surface area contributed by atoms with Crippen molar-refractivity contribution in [3.05, 3.63) is 0 Å². The van der Waals surface area contributed by atoms with Crippen LogP contribution >= 0.6 is 0 Å². The van der Waals surface area contributed by atoms with Crippen LogP contribution in [-0.2, 0) is 4.74 Å². The summed E-state index contributed by atoms with van der Waals surface area (Å²) < 4.78 is 5.73. The number of unbranched alkanes of at least 4 members (excludes halogenated alkanes) is 9. The van der Waals surface area contributed by atoms with Crippen molar-refractivity contribution < 1.29 is 4.74 Å². The van der Waals surface area contributed by atoms with Gasteiger partial charge in [-0.25, -0.2) is 0 Å². The summed E-state index contributed by atoms with van der Waals surface area (Å²) in [5.74, 6) is 0. The lowest BCUT2D eigenvalue weighted by molar-refractivity contribution is 0.347. The summed E-state index contributed by atoms with van der Waals surface area (Å²) in [6.45, 7) is 2.26. The number of nitrogens with zero attached hydrogens (tertiary/aromatic N) is 1. The maximum atomic E-state index is 8.43. The summed E-state index contributed by atoms with van der Waals surface area (Å²) in [7, 11) is 0. The second-order valence-corrected chi connectivity index (χ2v) is 5.88. The van der Waals surface area contributed by atoms with Gasteiger partial charge in [0.15, 0.2) is 0 Å². The summed E-state index contributed by atoms with van der Waals surface area (Å²) in [6.07, 6.45) is 17.5. The maximum Gasteiger partial charge on any atom is 0.0841 e. The quantitative estimate of drug-likeness (QED) is 0.331. The number of hydrogen-bond donors (Lipinski definition) is 0. The highest BCUT2D eigenvalue weighted by atomic mass is 16.6. The molecule has 0 aromatic heterocycles. The molecular formula is C17H31NO. The first-order chi connectivity index (χ1) is 9.38. The van der Waals surface area contributed by atoms with Gasteiger partial charge in [0, 0.05) is 6.42 Å². The van der Waals surface area contributed by atoms with E-state index < -0.39 is 0 Å². The smallest absolute Gasteiger partial charge is 0.0841 e. The van der Waals surface area contributed by atoms with Crippen molar-refractivity contribution in [2.45, 2.75) is 103 Å². The fourth-order valence-electron chi connectivity index (χ4n) is 2.72. The van der Waals surface area contributed by atoms with Crippen molar-refractivity contribution in [2.24, 2.45) is 0 Å². The number of epoxide rings is 1. The molecule has 19 heavy (non-hydrogen) atoms. The van der Waals surface area contributed by atoms with Gasteiger partial charge < -0.3 is 4.74 Å². The van der Waals surface area contributed by atoms with E-state index in [1.807, 2.05) is 0 Å². The third-order valence-electron chi connectivity index (χ3n) is 4.06. The van der Waals surface area contributed by atoms with Gasteiger partial charge in [0.1, 0.15) is 0 Å². The van der Waals surface area contributed by atoms with E-state index in [2.05, 4.69) is 13.0 Å². The van der Waals surface area contributed by atoms with Crippen LogP contribution in [0.15, 0.2) is 0 Å². The molecule has 1 heterocycles. The van der Waals surface area contributed by atoms with Gasteiger partial charge in [-0.3, -0.25) is 0 Å². The zero-order valence-electron chi connectivity index (χ0n) is 12.7. The summed E-state index contributed by atoms with van der Waals surface area (Å²) in [5, 5.41) is 8.43. The fraction of sp³-hybridized carbons (Fsp3) is 0.941. The topological polar surface area (TPSA) is 36.3 Å². The Hall–Kier alpha value is -0.550. The van der Waals surface area contributed by atoms with Gasteiger partial charge in [0.25, 0.3) is 0 Å². The van der Waals surface area contributed by atoms with E-state index in [-0.39, 0.29) is 0 Å². The second-order valence-electron chi connectivity index (χ2n) is 5.88. The lowest BCUT2D eigenvalue weighted by Crippen LogP contribution is -1.94. The van der Waals surface area contributed by atoms with Crippen LogP contribution in [0.1, 0.15) is 90.4 Å². The maximum absolute atomic E-state index is 8.43. The highest BCUT2D eigenvalue weighted by Crippen LogP contribution is 2.31. The molecule has 110 valence electrons. The molecule has 0 aromatic carbocycles. The van der Waals surface area contributed by atoms with Crippen LogP contribution in [0.2, 0.25) is 0 Å². The molecule has 2 heteroatoms. The van der Waals surface area contributed by atoms with Gasteiger partial charge in [-0.1, -0.05) is 64.7 Å². The molecule has 1 aliphatic rings. The lowest BCUT2D eigenvalue weighted by Gasteiger charge is -1.99. The summed E-state index contributed by atoms with van der Waals surface area (Å²) >= 11 is 0. The van der Waals surface area contributed by atoms with E-state index in [0.29, 0.717) is 12.2 Å². The Morgan fingerprint density at radius 2 is 1.32 bits per heavy atom. The minimum Gasteiger partial charge on any atom is -0.370 e. The van der Waals surface area contributed by atoms with Crippen molar-refractivity contribution in [2.75, 3.05) is 0 Å². The normalized spacial score (nSPS) is 21.3. The van der Waals surface area contributed by atoms with Gasteiger partial charge in [0.2, 0.25) is 0 Å². The highest BCUT2D eigenvalue weighted by Gasteiger charge is 2.36. The van der Waals surface area contributed by atoms with Crippen molar-refractivity contribution in [1.29, 1.82) is 5.26 Å². The van der Waals surface area contributed by atoms with E-state index in [4.69, 9.17) is 10.00 Å². The predicted octanol–water partition coefficient (Wildman–Crippen LogP) is 5.37. The molecule has 0 radical (unpaired) electrons. The van der Waals surface area contributed by atoms with Gasteiger partial charge in [-0.2, -0.15) is 5.26 Å². The molecule has 0 amide bonds. The second kappa shape index (κ2) is 11.3. The summed E-state index contributed by atoms with van der Waals surface area (Å²) in [4.78, 5) is 0. The molecule has 0 bridgehead atoms. The molecular weight excluding hydrogens is 234 g/mol. The van der Waals surface area contributed by atoms with E-state index in [9.17, 15) is 0 Å². The Labute approximate surface area is 119 Å². The molecule has 0 aromatic rings. The van der Waals surface area contributed by atoms with Crippen molar-refractivity contribution in [3.8, 4) is 6.07 Å². The molecule has 2 unspecified atom stereocenters. The monoisotopic (exact) mass is 265 g/mol. The summed E-state index contributed by atoms with van der Waals surface area (Å²) in [5.41, 5.74) is 0. The third-order valence-corrected chi connectivity index (χ3v) is 4.06. The minimum atomic E-state index is 0.588. The predicted molar refractivity (Wildman–Crippen MR) is 80.0 cm³/mol.